The SMILES string of the molecule is Clc1cccc(-c2ncoc2-c2ccccc2)c1. The van der Waals surface area contributed by atoms with Crippen LogP contribution in [0.1, 0.15) is 0 Å². The van der Waals surface area contributed by atoms with Crippen LogP contribution in [0.2, 0.25) is 5.02 Å². The maximum Gasteiger partial charge on any atom is 0.182 e. The van der Waals surface area contributed by atoms with Crippen molar-refractivity contribution in [3.05, 3.63) is 66.0 Å². The third kappa shape index (κ3) is 2.03. The molecule has 3 aromatic rings. The Morgan fingerprint density at radius 3 is 2.44 bits per heavy atom. The summed E-state index contributed by atoms with van der Waals surface area (Å²) in [4.78, 5) is 4.28. The fourth-order valence-electron chi connectivity index (χ4n) is 1.88. The standard InChI is InChI=1S/C15H10ClNO/c16-13-8-4-7-12(9-13)14-15(18-10-17-14)11-5-2-1-3-6-11/h1-10H. The predicted octanol–water partition coefficient (Wildman–Crippen LogP) is 4.66. The molecule has 0 fully saturated rings. The van der Waals surface area contributed by atoms with Crippen molar-refractivity contribution in [3.63, 3.8) is 0 Å². The van der Waals surface area contributed by atoms with Crippen molar-refractivity contribution < 1.29 is 4.42 Å². The molecule has 2 nitrogen and oxygen atoms in total. The zero-order valence-electron chi connectivity index (χ0n) is 9.51. The largest absolute Gasteiger partial charge is 0.443 e. The second-order valence-corrected chi connectivity index (χ2v) is 4.34. The third-order valence-electron chi connectivity index (χ3n) is 2.70. The lowest BCUT2D eigenvalue weighted by Crippen LogP contribution is -1.82. The number of halogens is 1. The first-order valence-corrected chi connectivity index (χ1v) is 5.97. The Hall–Kier alpha value is -2.06. The van der Waals surface area contributed by atoms with E-state index in [0.717, 1.165) is 22.6 Å². The van der Waals surface area contributed by atoms with Crippen molar-refractivity contribution in [1.82, 2.24) is 4.98 Å². The Bertz CT molecular complexity index is 661. The second kappa shape index (κ2) is 4.67. The van der Waals surface area contributed by atoms with E-state index in [0.29, 0.717) is 5.02 Å². The van der Waals surface area contributed by atoms with Crippen LogP contribution >= 0.6 is 11.6 Å². The molecule has 0 saturated carbocycles. The molecule has 2 aromatic carbocycles. The summed E-state index contributed by atoms with van der Waals surface area (Å²) in [5.41, 5.74) is 2.77. The number of benzene rings is 2. The van der Waals surface area contributed by atoms with E-state index < -0.39 is 0 Å². The maximum absolute atomic E-state index is 6.00. The molecule has 0 radical (unpaired) electrons. The lowest BCUT2D eigenvalue weighted by Gasteiger charge is -2.01. The first kappa shape index (κ1) is 11.1. The molecule has 0 saturated heterocycles. The number of oxazole rings is 1. The van der Waals surface area contributed by atoms with Crippen LogP contribution in [0, 0.1) is 0 Å². The molecule has 0 aliphatic heterocycles. The summed E-state index contributed by atoms with van der Waals surface area (Å²) in [5.74, 6) is 0.762. The summed E-state index contributed by atoms with van der Waals surface area (Å²) in [6, 6.07) is 17.5. The van der Waals surface area contributed by atoms with Crippen molar-refractivity contribution in [1.29, 1.82) is 0 Å². The summed E-state index contributed by atoms with van der Waals surface area (Å²) >= 11 is 6.00. The Balaban J connectivity index is 2.13. The maximum atomic E-state index is 6.00. The van der Waals surface area contributed by atoms with Crippen LogP contribution in [0.15, 0.2) is 65.4 Å². The predicted molar refractivity (Wildman–Crippen MR) is 72.4 cm³/mol. The Morgan fingerprint density at radius 1 is 0.889 bits per heavy atom. The number of rotatable bonds is 2. The number of hydrogen-bond acceptors (Lipinski definition) is 2. The van der Waals surface area contributed by atoms with Crippen molar-refractivity contribution >= 4 is 11.6 Å². The van der Waals surface area contributed by atoms with Crippen molar-refractivity contribution in [2.24, 2.45) is 0 Å². The molecule has 3 heteroatoms. The molecule has 0 N–H and O–H groups in total. The number of aromatic nitrogens is 1. The molecular weight excluding hydrogens is 246 g/mol. The van der Waals surface area contributed by atoms with E-state index >= 15 is 0 Å². The summed E-state index contributed by atoms with van der Waals surface area (Å²) < 4.78 is 5.49. The Labute approximate surface area is 110 Å². The van der Waals surface area contributed by atoms with Crippen LogP contribution in [0.4, 0.5) is 0 Å². The summed E-state index contributed by atoms with van der Waals surface area (Å²) in [6.07, 6.45) is 1.46. The van der Waals surface area contributed by atoms with Crippen molar-refractivity contribution in [2.45, 2.75) is 0 Å². The Kier molecular flexibility index (Phi) is 2.87. The monoisotopic (exact) mass is 255 g/mol. The summed E-state index contributed by atoms with van der Waals surface area (Å²) in [6.45, 7) is 0. The van der Waals surface area contributed by atoms with Gasteiger partial charge in [-0.25, -0.2) is 4.98 Å². The molecule has 18 heavy (non-hydrogen) atoms. The molecule has 0 atom stereocenters. The molecular formula is C15H10ClNO. The minimum absolute atomic E-state index is 0.689. The smallest absolute Gasteiger partial charge is 0.182 e. The third-order valence-corrected chi connectivity index (χ3v) is 2.94. The van der Waals surface area contributed by atoms with Crippen molar-refractivity contribution in [2.75, 3.05) is 0 Å². The zero-order valence-corrected chi connectivity index (χ0v) is 10.3. The van der Waals surface area contributed by atoms with Gasteiger partial charge in [-0.2, -0.15) is 0 Å². The molecule has 0 amide bonds. The highest BCUT2D eigenvalue weighted by molar-refractivity contribution is 6.30. The minimum atomic E-state index is 0.689. The van der Waals surface area contributed by atoms with Gasteiger partial charge in [0.05, 0.1) is 0 Å². The zero-order chi connectivity index (χ0) is 12.4. The van der Waals surface area contributed by atoms with Gasteiger partial charge in [0.1, 0.15) is 5.69 Å². The molecule has 88 valence electrons. The van der Waals surface area contributed by atoms with Gasteiger partial charge in [0.25, 0.3) is 0 Å². The van der Waals surface area contributed by atoms with E-state index in [4.69, 9.17) is 16.0 Å². The highest BCUT2D eigenvalue weighted by atomic mass is 35.5. The summed E-state index contributed by atoms with van der Waals surface area (Å²) in [7, 11) is 0. The molecule has 3 rings (SSSR count). The van der Waals surface area contributed by atoms with Gasteiger partial charge in [-0.1, -0.05) is 54.1 Å². The van der Waals surface area contributed by atoms with E-state index in [-0.39, 0.29) is 0 Å². The van der Waals surface area contributed by atoms with E-state index in [1.807, 2.05) is 54.6 Å². The van der Waals surface area contributed by atoms with Gasteiger partial charge in [-0.05, 0) is 12.1 Å². The van der Waals surface area contributed by atoms with Gasteiger partial charge in [0.15, 0.2) is 12.2 Å². The first-order chi connectivity index (χ1) is 8.84. The normalized spacial score (nSPS) is 10.5. The van der Waals surface area contributed by atoms with Crippen LogP contribution in [-0.4, -0.2) is 4.98 Å². The van der Waals surface area contributed by atoms with Gasteiger partial charge < -0.3 is 4.42 Å². The van der Waals surface area contributed by atoms with Gasteiger partial charge in [-0.15, -0.1) is 0 Å². The quantitative estimate of drug-likeness (QED) is 0.665. The van der Waals surface area contributed by atoms with E-state index in [2.05, 4.69) is 4.98 Å². The van der Waals surface area contributed by atoms with E-state index in [1.165, 1.54) is 6.39 Å². The average molecular weight is 256 g/mol. The molecule has 0 unspecified atom stereocenters. The molecule has 0 aliphatic carbocycles. The molecule has 1 heterocycles. The summed E-state index contributed by atoms with van der Waals surface area (Å²) in [5, 5.41) is 0.689. The highest BCUT2D eigenvalue weighted by Gasteiger charge is 2.12. The van der Waals surface area contributed by atoms with E-state index in [1.54, 1.807) is 0 Å². The average Bonchev–Trinajstić information content (AvgIpc) is 2.89. The fourth-order valence-corrected chi connectivity index (χ4v) is 2.07. The second-order valence-electron chi connectivity index (χ2n) is 3.91. The topological polar surface area (TPSA) is 26.0 Å². The van der Waals surface area contributed by atoms with Crippen LogP contribution in [0.5, 0.6) is 0 Å². The van der Waals surface area contributed by atoms with Crippen LogP contribution in [0.3, 0.4) is 0 Å². The van der Waals surface area contributed by atoms with Gasteiger partial charge in [0, 0.05) is 16.1 Å². The van der Waals surface area contributed by atoms with Crippen LogP contribution in [0.25, 0.3) is 22.6 Å². The van der Waals surface area contributed by atoms with Crippen LogP contribution in [-0.2, 0) is 0 Å². The van der Waals surface area contributed by atoms with Gasteiger partial charge >= 0.3 is 0 Å². The highest BCUT2D eigenvalue weighted by Crippen LogP contribution is 2.31. The van der Waals surface area contributed by atoms with Gasteiger partial charge in [0.2, 0.25) is 0 Å². The van der Waals surface area contributed by atoms with Crippen molar-refractivity contribution in [3.8, 4) is 22.6 Å². The molecule has 0 aliphatic rings. The lowest BCUT2D eigenvalue weighted by atomic mass is 10.1. The Morgan fingerprint density at radius 2 is 1.67 bits per heavy atom. The first-order valence-electron chi connectivity index (χ1n) is 5.59. The molecule has 1 aromatic heterocycles. The molecule has 0 bridgehead atoms. The lowest BCUT2D eigenvalue weighted by molar-refractivity contribution is 0.572. The van der Waals surface area contributed by atoms with Gasteiger partial charge in [-0.3, -0.25) is 0 Å². The number of nitrogens with zero attached hydrogens (tertiary/aromatic N) is 1. The molecule has 0 spiro atoms. The fraction of sp³-hybridized carbons (Fsp3) is 0. The number of hydrogen-bond donors (Lipinski definition) is 0. The van der Waals surface area contributed by atoms with Crippen LogP contribution < -0.4 is 0 Å². The minimum Gasteiger partial charge on any atom is -0.443 e. The van der Waals surface area contributed by atoms with E-state index in [9.17, 15) is 0 Å².